The van der Waals surface area contributed by atoms with E-state index in [1.807, 2.05) is 24.3 Å². The molecule has 0 spiro atoms. The molecular weight excluding hydrogens is 237 g/mol. The fourth-order valence-corrected chi connectivity index (χ4v) is 2.19. The summed E-state index contributed by atoms with van der Waals surface area (Å²) in [4.78, 5) is 2.18. The lowest BCUT2D eigenvalue weighted by Gasteiger charge is -2.10. The molecule has 0 radical (unpaired) electrons. The lowest BCUT2D eigenvalue weighted by atomic mass is 10.0. The van der Waals surface area contributed by atoms with Gasteiger partial charge in [0, 0.05) is 5.56 Å². The van der Waals surface area contributed by atoms with Crippen LogP contribution in [0.3, 0.4) is 0 Å². The average Bonchev–Trinajstić information content (AvgIpc) is 2.39. The molecule has 0 N–H and O–H groups in total. The first-order chi connectivity index (χ1) is 9.16. The summed E-state index contributed by atoms with van der Waals surface area (Å²) in [6.07, 6.45) is 2.15. The summed E-state index contributed by atoms with van der Waals surface area (Å²) < 4.78 is 13.8. The van der Waals surface area contributed by atoms with Gasteiger partial charge < -0.3 is 4.90 Å². The molecule has 2 rings (SSSR count). The first kappa shape index (κ1) is 13.8. The number of hydrogen-bond acceptors (Lipinski definition) is 1. The van der Waals surface area contributed by atoms with Gasteiger partial charge >= 0.3 is 0 Å². The van der Waals surface area contributed by atoms with Crippen molar-refractivity contribution in [2.75, 3.05) is 20.6 Å². The minimum Gasteiger partial charge on any atom is -0.309 e. The molecule has 0 unspecified atom stereocenters. The summed E-state index contributed by atoms with van der Waals surface area (Å²) >= 11 is 0. The van der Waals surface area contributed by atoms with Gasteiger partial charge in [-0.05, 0) is 50.7 Å². The third kappa shape index (κ3) is 3.90. The van der Waals surface area contributed by atoms with Gasteiger partial charge in [-0.25, -0.2) is 4.39 Å². The van der Waals surface area contributed by atoms with Crippen molar-refractivity contribution in [2.45, 2.75) is 12.8 Å². The number of aryl methyl sites for hydroxylation is 1. The van der Waals surface area contributed by atoms with Gasteiger partial charge in [0.1, 0.15) is 5.82 Å². The Kier molecular flexibility index (Phi) is 4.69. The molecule has 0 aromatic heterocycles. The van der Waals surface area contributed by atoms with Crippen molar-refractivity contribution >= 4 is 0 Å². The number of hydrogen-bond donors (Lipinski definition) is 0. The zero-order valence-electron chi connectivity index (χ0n) is 11.6. The molecule has 19 heavy (non-hydrogen) atoms. The van der Waals surface area contributed by atoms with Crippen molar-refractivity contribution in [3.63, 3.8) is 0 Å². The van der Waals surface area contributed by atoms with E-state index in [2.05, 4.69) is 31.1 Å². The van der Waals surface area contributed by atoms with E-state index in [-0.39, 0.29) is 5.82 Å². The summed E-state index contributed by atoms with van der Waals surface area (Å²) in [6.45, 7) is 1.07. The molecule has 0 aliphatic rings. The van der Waals surface area contributed by atoms with Gasteiger partial charge in [0.2, 0.25) is 0 Å². The van der Waals surface area contributed by atoms with Crippen LogP contribution in [-0.2, 0) is 6.42 Å². The highest BCUT2D eigenvalue weighted by molar-refractivity contribution is 5.64. The Morgan fingerprint density at radius 3 is 2.53 bits per heavy atom. The van der Waals surface area contributed by atoms with Crippen molar-refractivity contribution in [1.29, 1.82) is 0 Å². The molecule has 0 saturated carbocycles. The lowest BCUT2D eigenvalue weighted by molar-refractivity contribution is 0.400. The fraction of sp³-hybridized carbons (Fsp3) is 0.294. The maximum absolute atomic E-state index is 13.8. The van der Waals surface area contributed by atoms with Crippen LogP contribution in [0.15, 0.2) is 48.5 Å². The van der Waals surface area contributed by atoms with Crippen LogP contribution < -0.4 is 0 Å². The molecule has 0 atom stereocenters. The first-order valence-electron chi connectivity index (χ1n) is 6.65. The zero-order valence-corrected chi connectivity index (χ0v) is 11.6. The van der Waals surface area contributed by atoms with Crippen LogP contribution in [0.2, 0.25) is 0 Å². The standard InChI is InChI=1S/C17H20FN/c1-19(2)12-6-8-14-7-5-9-15(13-14)16-10-3-4-11-17(16)18/h3-5,7,9-11,13H,6,8,12H2,1-2H3. The molecule has 1 nitrogen and oxygen atoms in total. The third-order valence-electron chi connectivity index (χ3n) is 3.18. The molecule has 0 bridgehead atoms. The fourth-order valence-electron chi connectivity index (χ4n) is 2.19. The van der Waals surface area contributed by atoms with Gasteiger partial charge in [-0.1, -0.05) is 42.5 Å². The van der Waals surface area contributed by atoms with Crippen LogP contribution in [0.25, 0.3) is 11.1 Å². The van der Waals surface area contributed by atoms with E-state index in [0.717, 1.165) is 24.9 Å². The zero-order chi connectivity index (χ0) is 13.7. The third-order valence-corrected chi connectivity index (χ3v) is 3.18. The molecular formula is C17H20FN. The average molecular weight is 257 g/mol. The van der Waals surface area contributed by atoms with E-state index >= 15 is 0 Å². The highest BCUT2D eigenvalue weighted by Crippen LogP contribution is 2.23. The molecule has 0 saturated heterocycles. The number of halogens is 1. The molecule has 0 fully saturated rings. The SMILES string of the molecule is CN(C)CCCc1cccc(-c2ccccc2F)c1. The van der Waals surface area contributed by atoms with E-state index in [4.69, 9.17) is 0 Å². The Labute approximate surface area is 114 Å². The Balaban J connectivity index is 2.13. The van der Waals surface area contributed by atoms with Crippen molar-refractivity contribution in [1.82, 2.24) is 4.90 Å². The van der Waals surface area contributed by atoms with E-state index in [1.165, 1.54) is 11.6 Å². The summed E-state index contributed by atoms with van der Waals surface area (Å²) in [5.74, 6) is -0.159. The summed E-state index contributed by atoms with van der Waals surface area (Å²) in [5, 5.41) is 0. The number of rotatable bonds is 5. The highest BCUT2D eigenvalue weighted by Gasteiger charge is 2.04. The summed E-state index contributed by atoms with van der Waals surface area (Å²) in [7, 11) is 4.16. The van der Waals surface area contributed by atoms with Crippen molar-refractivity contribution in [3.05, 3.63) is 59.9 Å². The van der Waals surface area contributed by atoms with Crippen LogP contribution in [0.1, 0.15) is 12.0 Å². The quantitative estimate of drug-likeness (QED) is 0.783. The molecule has 2 aromatic rings. The highest BCUT2D eigenvalue weighted by atomic mass is 19.1. The van der Waals surface area contributed by atoms with E-state index in [0.29, 0.717) is 5.56 Å². The van der Waals surface area contributed by atoms with E-state index < -0.39 is 0 Å². The van der Waals surface area contributed by atoms with Gasteiger partial charge in [-0.2, -0.15) is 0 Å². The largest absolute Gasteiger partial charge is 0.309 e. The van der Waals surface area contributed by atoms with Gasteiger partial charge in [0.05, 0.1) is 0 Å². The van der Waals surface area contributed by atoms with Crippen molar-refractivity contribution in [3.8, 4) is 11.1 Å². The van der Waals surface area contributed by atoms with E-state index in [9.17, 15) is 4.39 Å². The first-order valence-corrected chi connectivity index (χ1v) is 6.65. The maximum Gasteiger partial charge on any atom is 0.131 e. The van der Waals surface area contributed by atoms with Gasteiger partial charge in [-0.3, -0.25) is 0 Å². The molecule has 2 aromatic carbocycles. The molecule has 0 aliphatic heterocycles. The Hall–Kier alpha value is -1.67. The van der Waals surface area contributed by atoms with Gasteiger partial charge in [0.25, 0.3) is 0 Å². The molecule has 0 amide bonds. The summed E-state index contributed by atoms with van der Waals surface area (Å²) in [6, 6.07) is 15.1. The minimum absolute atomic E-state index is 0.159. The van der Waals surface area contributed by atoms with Crippen LogP contribution >= 0.6 is 0 Å². The van der Waals surface area contributed by atoms with Crippen molar-refractivity contribution < 1.29 is 4.39 Å². The minimum atomic E-state index is -0.159. The normalized spacial score (nSPS) is 10.9. The molecule has 2 heteroatoms. The van der Waals surface area contributed by atoms with Gasteiger partial charge in [-0.15, -0.1) is 0 Å². The van der Waals surface area contributed by atoms with Crippen LogP contribution in [0.5, 0.6) is 0 Å². The predicted molar refractivity (Wildman–Crippen MR) is 78.7 cm³/mol. The van der Waals surface area contributed by atoms with Crippen LogP contribution in [0.4, 0.5) is 4.39 Å². The molecule has 100 valence electrons. The Morgan fingerprint density at radius 2 is 1.79 bits per heavy atom. The van der Waals surface area contributed by atoms with Crippen LogP contribution in [0, 0.1) is 5.82 Å². The number of nitrogens with zero attached hydrogens (tertiary/aromatic N) is 1. The molecule has 0 aliphatic carbocycles. The second-order valence-corrected chi connectivity index (χ2v) is 5.09. The predicted octanol–water partition coefficient (Wildman–Crippen LogP) is 3.99. The summed E-state index contributed by atoms with van der Waals surface area (Å²) in [5.41, 5.74) is 2.90. The Bertz CT molecular complexity index is 534. The molecule has 0 heterocycles. The van der Waals surface area contributed by atoms with Gasteiger partial charge in [0.15, 0.2) is 0 Å². The maximum atomic E-state index is 13.8. The second-order valence-electron chi connectivity index (χ2n) is 5.09. The lowest BCUT2D eigenvalue weighted by Crippen LogP contribution is -2.13. The smallest absolute Gasteiger partial charge is 0.131 e. The monoisotopic (exact) mass is 257 g/mol. The Morgan fingerprint density at radius 1 is 1.00 bits per heavy atom. The number of benzene rings is 2. The van der Waals surface area contributed by atoms with Crippen LogP contribution in [-0.4, -0.2) is 25.5 Å². The van der Waals surface area contributed by atoms with Crippen molar-refractivity contribution in [2.24, 2.45) is 0 Å². The topological polar surface area (TPSA) is 3.24 Å². The van der Waals surface area contributed by atoms with E-state index in [1.54, 1.807) is 6.07 Å². The second kappa shape index (κ2) is 6.48.